The number of carbonyl (C=O) groups is 2. The van der Waals surface area contributed by atoms with Crippen molar-refractivity contribution >= 4 is 17.4 Å². The lowest BCUT2D eigenvalue weighted by Gasteiger charge is -2.32. The molecule has 3 rings (SSSR count). The van der Waals surface area contributed by atoms with Crippen molar-refractivity contribution in [3.05, 3.63) is 58.7 Å². The largest absolute Gasteiger partial charge is 0.496 e. The summed E-state index contributed by atoms with van der Waals surface area (Å²) in [4.78, 5) is 29.9. The number of likely N-dealkylation sites (tertiary alicyclic amines) is 1. The van der Waals surface area contributed by atoms with Crippen LogP contribution in [-0.4, -0.2) is 50.9 Å². The lowest BCUT2D eigenvalue weighted by atomic mass is 9.88. The first kappa shape index (κ1) is 20.9. The molecule has 0 spiro atoms. The van der Waals surface area contributed by atoms with Crippen LogP contribution in [0.3, 0.4) is 0 Å². The maximum atomic E-state index is 13.1. The molecule has 5 nitrogen and oxygen atoms in total. The average molecular weight is 395 g/mol. The second-order valence-electron chi connectivity index (χ2n) is 8.04. The van der Waals surface area contributed by atoms with E-state index in [0.29, 0.717) is 24.2 Å². The molecule has 0 aliphatic carbocycles. The van der Waals surface area contributed by atoms with Crippen molar-refractivity contribution in [1.82, 2.24) is 4.90 Å². The van der Waals surface area contributed by atoms with Gasteiger partial charge < -0.3 is 14.5 Å². The first-order valence-corrected chi connectivity index (χ1v) is 10.1. The fourth-order valence-corrected chi connectivity index (χ4v) is 4.11. The summed E-state index contributed by atoms with van der Waals surface area (Å²) in [5.41, 5.74) is 4.34. The number of benzene rings is 2. The smallest absolute Gasteiger partial charge is 0.253 e. The Kier molecular flexibility index (Phi) is 6.26. The van der Waals surface area contributed by atoms with Crippen LogP contribution in [-0.2, 0) is 0 Å². The third-order valence-electron chi connectivity index (χ3n) is 5.66. The van der Waals surface area contributed by atoms with Crippen LogP contribution in [0, 0.1) is 19.8 Å². The second-order valence-corrected chi connectivity index (χ2v) is 8.04. The zero-order valence-corrected chi connectivity index (χ0v) is 18.0. The van der Waals surface area contributed by atoms with Crippen molar-refractivity contribution in [3.8, 4) is 5.75 Å². The highest BCUT2D eigenvalue weighted by Crippen LogP contribution is 2.28. The molecule has 1 aliphatic rings. The zero-order valence-electron chi connectivity index (χ0n) is 18.0. The summed E-state index contributed by atoms with van der Waals surface area (Å²) < 4.78 is 5.41. The summed E-state index contributed by atoms with van der Waals surface area (Å²) in [6.45, 7) is 5.07. The number of piperidine rings is 1. The molecule has 29 heavy (non-hydrogen) atoms. The number of nitrogens with zero attached hydrogens (tertiary/aromatic N) is 2. The normalized spacial score (nSPS) is 16.4. The number of anilines is 1. The molecule has 0 aromatic heterocycles. The van der Waals surface area contributed by atoms with E-state index in [2.05, 4.69) is 0 Å². The van der Waals surface area contributed by atoms with Gasteiger partial charge in [0.25, 0.3) is 5.91 Å². The quantitative estimate of drug-likeness (QED) is 0.716. The van der Waals surface area contributed by atoms with Gasteiger partial charge in [0, 0.05) is 49.9 Å². The van der Waals surface area contributed by atoms with Crippen molar-refractivity contribution in [2.24, 2.45) is 5.92 Å². The maximum Gasteiger partial charge on any atom is 0.253 e. The monoisotopic (exact) mass is 394 g/mol. The van der Waals surface area contributed by atoms with E-state index in [1.165, 1.54) is 0 Å². The average Bonchev–Trinajstić information content (AvgIpc) is 2.72. The fourth-order valence-electron chi connectivity index (χ4n) is 4.11. The number of amides is 1. The molecule has 1 saturated heterocycles. The first-order valence-electron chi connectivity index (χ1n) is 10.1. The highest BCUT2D eigenvalue weighted by molar-refractivity contribution is 6.00. The second kappa shape index (κ2) is 8.68. The Hall–Kier alpha value is -2.82. The van der Waals surface area contributed by atoms with Crippen LogP contribution in [0.15, 0.2) is 36.4 Å². The van der Waals surface area contributed by atoms with Gasteiger partial charge in [-0.25, -0.2) is 0 Å². The van der Waals surface area contributed by atoms with Crippen molar-refractivity contribution in [2.75, 3.05) is 39.2 Å². The third kappa shape index (κ3) is 4.44. The Morgan fingerprint density at radius 2 is 1.66 bits per heavy atom. The molecule has 0 radical (unpaired) electrons. The molecule has 1 fully saturated rings. The highest BCUT2D eigenvalue weighted by atomic mass is 16.5. The number of carbonyl (C=O) groups excluding carboxylic acids is 2. The topological polar surface area (TPSA) is 49.9 Å². The molecule has 0 N–H and O–H groups in total. The lowest BCUT2D eigenvalue weighted by Crippen LogP contribution is -2.42. The van der Waals surface area contributed by atoms with Crippen LogP contribution in [0.2, 0.25) is 0 Å². The van der Waals surface area contributed by atoms with Crippen LogP contribution in [0.5, 0.6) is 5.75 Å². The Morgan fingerprint density at radius 1 is 1.03 bits per heavy atom. The van der Waals surface area contributed by atoms with Crippen molar-refractivity contribution in [3.63, 3.8) is 0 Å². The Balaban J connectivity index is 1.74. The van der Waals surface area contributed by atoms with Crippen LogP contribution in [0.1, 0.15) is 44.7 Å². The lowest BCUT2D eigenvalue weighted by molar-refractivity contribution is 0.0637. The van der Waals surface area contributed by atoms with Gasteiger partial charge in [-0.15, -0.1) is 0 Å². The van der Waals surface area contributed by atoms with E-state index < -0.39 is 0 Å². The Morgan fingerprint density at radius 3 is 2.21 bits per heavy atom. The molecule has 1 amide bonds. The standard InChI is InChI=1S/C24H30N2O3/c1-16-13-20(14-17(2)23(16)29-5)22(27)19-7-6-12-26(15-19)24(28)18-8-10-21(11-9-18)25(3)4/h8-11,13-14,19H,6-7,12,15H2,1-5H3/t19-/m0/s1. The van der Waals surface area contributed by atoms with E-state index in [-0.39, 0.29) is 17.6 Å². The molecule has 0 bridgehead atoms. The molecule has 0 unspecified atom stereocenters. The molecule has 154 valence electrons. The van der Waals surface area contributed by atoms with E-state index in [1.54, 1.807) is 7.11 Å². The maximum absolute atomic E-state index is 13.1. The summed E-state index contributed by atoms with van der Waals surface area (Å²) in [5, 5.41) is 0. The number of aryl methyl sites for hydroxylation is 2. The Labute approximate surface area is 173 Å². The molecular formula is C24H30N2O3. The minimum atomic E-state index is -0.166. The van der Waals surface area contributed by atoms with Crippen LogP contribution >= 0.6 is 0 Å². The first-order chi connectivity index (χ1) is 13.8. The summed E-state index contributed by atoms with van der Waals surface area (Å²) in [6.07, 6.45) is 1.65. The van der Waals surface area contributed by atoms with Gasteiger partial charge in [0.2, 0.25) is 0 Å². The number of hydrogen-bond acceptors (Lipinski definition) is 4. The summed E-state index contributed by atoms with van der Waals surface area (Å²) in [7, 11) is 5.59. The molecule has 0 saturated carbocycles. The van der Waals surface area contributed by atoms with Crippen molar-refractivity contribution in [1.29, 1.82) is 0 Å². The number of rotatable bonds is 5. The number of ketones is 1. The van der Waals surface area contributed by atoms with E-state index >= 15 is 0 Å². The van der Waals surface area contributed by atoms with Crippen LogP contribution in [0.4, 0.5) is 5.69 Å². The van der Waals surface area contributed by atoms with Crippen LogP contribution < -0.4 is 9.64 Å². The minimum absolute atomic E-state index is 0.00472. The third-order valence-corrected chi connectivity index (χ3v) is 5.66. The molecular weight excluding hydrogens is 364 g/mol. The van der Waals surface area contributed by atoms with Gasteiger partial charge in [0.1, 0.15) is 5.75 Å². The summed E-state index contributed by atoms with van der Waals surface area (Å²) in [6, 6.07) is 11.4. The minimum Gasteiger partial charge on any atom is -0.496 e. The molecule has 5 heteroatoms. The number of methoxy groups -OCH3 is 1. The molecule has 1 aliphatic heterocycles. The van der Waals surface area contributed by atoms with Gasteiger partial charge >= 0.3 is 0 Å². The summed E-state index contributed by atoms with van der Waals surface area (Å²) >= 11 is 0. The van der Waals surface area contributed by atoms with E-state index in [9.17, 15) is 9.59 Å². The van der Waals surface area contributed by atoms with Gasteiger partial charge in [0.05, 0.1) is 7.11 Å². The number of Topliss-reactive ketones (excluding diaryl/α,β-unsaturated/α-hetero) is 1. The molecule has 1 heterocycles. The van der Waals surface area contributed by atoms with E-state index in [1.807, 2.05) is 74.1 Å². The molecule has 1 atom stereocenters. The van der Waals surface area contributed by atoms with Crippen LogP contribution in [0.25, 0.3) is 0 Å². The van der Waals surface area contributed by atoms with Gasteiger partial charge in [0.15, 0.2) is 5.78 Å². The molecule has 2 aromatic rings. The summed E-state index contributed by atoms with van der Waals surface area (Å²) in [5.74, 6) is 0.762. The Bertz CT molecular complexity index is 880. The van der Waals surface area contributed by atoms with Gasteiger partial charge in [-0.1, -0.05) is 0 Å². The number of hydrogen-bond donors (Lipinski definition) is 0. The highest BCUT2D eigenvalue weighted by Gasteiger charge is 2.30. The molecule has 2 aromatic carbocycles. The van der Waals surface area contributed by atoms with Crippen molar-refractivity contribution in [2.45, 2.75) is 26.7 Å². The fraction of sp³-hybridized carbons (Fsp3) is 0.417. The van der Waals surface area contributed by atoms with Gasteiger partial charge in [-0.05, 0) is 74.2 Å². The zero-order chi connectivity index (χ0) is 21.1. The SMILES string of the molecule is COc1c(C)cc(C(=O)[C@H]2CCCN(C(=O)c3ccc(N(C)C)cc3)C2)cc1C. The van der Waals surface area contributed by atoms with E-state index in [0.717, 1.165) is 35.4 Å². The van der Waals surface area contributed by atoms with Gasteiger partial charge in [-0.2, -0.15) is 0 Å². The predicted octanol–water partition coefficient (Wildman–Crippen LogP) is 4.11. The van der Waals surface area contributed by atoms with Gasteiger partial charge in [-0.3, -0.25) is 9.59 Å². The number of ether oxygens (including phenoxy) is 1. The van der Waals surface area contributed by atoms with Crippen molar-refractivity contribution < 1.29 is 14.3 Å². The predicted molar refractivity (Wildman–Crippen MR) is 116 cm³/mol. The van der Waals surface area contributed by atoms with E-state index in [4.69, 9.17) is 4.74 Å².